The van der Waals surface area contributed by atoms with Crippen LogP contribution < -0.4 is 0 Å². The van der Waals surface area contributed by atoms with E-state index >= 15 is 0 Å². The smallest absolute Gasteiger partial charge is 0.275 e. The Kier molecular flexibility index (Phi) is 2.24. The molecule has 1 aliphatic carbocycles. The Bertz CT molecular complexity index is 641. The van der Waals surface area contributed by atoms with Crippen LogP contribution in [0.1, 0.15) is 39.6 Å². The number of aryl methyl sites for hydroxylation is 1. The van der Waals surface area contributed by atoms with E-state index in [0.717, 1.165) is 54.9 Å². The number of carbonyl (C=O) groups excluding carboxylic acids is 1. The first-order valence-electron chi connectivity index (χ1n) is 6.69. The lowest BCUT2D eigenvalue weighted by atomic mass is 10.1. The van der Waals surface area contributed by atoms with E-state index < -0.39 is 0 Å². The summed E-state index contributed by atoms with van der Waals surface area (Å²) in [6.45, 7) is 1.33. The lowest BCUT2D eigenvalue weighted by molar-refractivity contribution is 0.0725. The summed E-state index contributed by atoms with van der Waals surface area (Å²) < 4.78 is 0. The fraction of sp³-hybridized carbons (Fsp3) is 0.462. The number of fused-ring (bicyclic) bond motifs is 2. The number of carbonyl (C=O) groups is 1. The Labute approximate surface area is 110 Å². The van der Waals surface area contributed by atoms with E-state index in [1.807, 2.05) is 4.90 Å². The van der Waals surface area contributed by atoms with Gasteiger partial charge in [0.05, 0.1) is 24.3 Å². The van der Waals surface area contributed by atoms with E-state index in [1.165, 1.54) is 0 Å². The van der Waals surface area contributed by atoms with E-state index in [2.05, 4.69) is 20.2 Å². The molecule has 2 aliphatic rings. The van der Waals surface area contributed by atoms with Gasteiger partial charge in [-0.05, 0) is 19.3 Å². The molecule has 1 aliphatic heterocycles. The normalized spacial score (nSPS) is 17.4. The molecular formula is C13H15N5O. The van der Waals surface area contributed by atoms with Crippen LogP contribution in [0.25, 0.3) is 0 Å². The Morgan fingerprint density at radius 1 is 1.26 bits per heavy atom. The number of aromatic nitrogens is 4. The Morgan fingerprint density at radius 2 is 2.21 bits per heavy atom. The number of hydrogen-bond donors (Lipinski definition) is 2. The first-order chi connectivity index (χ1) is 9.33. The molecule has 2 aromatic rings. The highest BCUT2D eigenvalue weighted by Crippen LogP contribution is 2.25. The van der Waals surface area contributed by atoms with Crippen molar-refractivity contribution >= 4 is 5.91 Å². The predicted molar refractivity (Wildman–Crippen MR) is 67.6 cm³/mol. The van der Waals surface area contributed by atoms with Crippen molar-refractivity contribution in [3.05, 3.63) is 34.7 Å². The number of hydrogen-bond acceptors (Lipinski definition) is 3. The zero-order valence-electron chi connectivity index (χ0n) is 10.6. The maximum atomic E-state index is 12.6. The van der Waals surface area contributed by atoms with Crippen molar-refractivity contribution in [1.82, 2.24) is 25.1 Å². The second kappa shape index (κ2) is 3.94. The number of nitrogens with one attached hydrogen (secondary N) is 2. The van der Waals surface area contributed by atoms with Gasteiger partial charge < -0.3 is 9.88 Å². The zero-order chi connectivity index (χ0) is 12.8. The van der Waals surface area contributed by atoms with Crippen LogP contribution in [0, 0.1) is 0 Å². The summed E-state index contributed by atoms with van der Waals surface area (Å²) in [7, 11) is 0. The molecule has 1 amide bonds. The zero-order valence-corrected chi connectivity index (χ0v) is 10.6. The van der Waals surface area contributed by atoms with Crippen molar-refractivity contribution in [2.24, 2.45) is 0 Å². The van der Waals surface area contributed by atoms with Gasteiger partial charge in [-0.15, -0.1) is 0 Å². The van der Waals surface area contributed by atoms with Crippen LogP contribution in [0.2, 0.25) is 0 Å². The van der Waals surface area contributed by atoms with E-state index in [9.17, 15) is 4.79 Å². The summed E-state index contributed by atoms with van der Waals surface area (Å²) in [4.78, 5) is 21.8. The van der Waals surface area contributed by atoms with Crippen LogP contribution in [0.4, 0.5) is 0 Å². The summed E-state index contributed by atoms with van der Waals surface area (Å²) in [5.41, 5.74) is 5.02. The third kappa shape index (κ3) is 1.59. The summed E-state index contributed by atoms with van der Waals surface area (Å²) in [6, 6.07) is 0. The fourth-order valence-electron chi connectivity index (χ4n) is 3.03. The predicted octanol–water partition coefficient (Wildman–Crippen LogP) is 0.820. The van der Waals surface area contributed by atoms with Crippen molar-refractivity contribution < 1.29 is 4.79 Å². The molecule has 98 valence electrons. The highest BCUT2D eigenvalue weighted by molar-refractivity contribution is 5.94. The maximum Gasteiger partial charge on any atom is 0.275 e. The average molecular weight is 257 g/mol. The van der Waals surface area contributed by atoms with Crippen LogP contribution in [0.15, 0.2) is 6.33 Å². The van der Waals surface area contributed by atoms with Crippen LogP contribution in [0.3, 0.4) is 0 Å². The molecule has 0 saturated heterocycles. The van der Waals surface area contributed by atoms with Crippen LogP contribution in [-0.2, 0) is 25.8 Å². The molecule has 0 fully saturated rings. The summed E-state index contributed by atoms with van der Waals surface area (Å²) >= 11 is 0. The Hall–Kier alpha value is -2.11. The van der Waals surface area contributed by atoms with Crippen molar-refractivity contribution in [3.8, 4) is 0 Å². The van der Waals surface area contributed by atoms with Gasteiger partial charge in [-0.1, -0.05) is 0 Å². The summed E-state index contributed by atoms with van der Waals surface area (Å²) in [5, 5.41) is 7.22. The van der Waals surface area contributed by atoms with Crippen molar-refractivity contribution in [2.75, 3.05) is 6.54 Å². The van der Waals surface area contributed by atoms with Gasteiger partial charge >= 0.3 is 0 Å². The number of nitrogens with zero attached hydrogens (tertiary/aromatic N) is 3. The summed E-state index contributed by atoms with van der Waals surface area (Å²) in [6.07, 6.45) is 5.62. The van der Waals surface area contributed by atoms with E-state index in [0.29, 0.717) is 12.2 Å². The van der Waals surface area contributed by atoms with Crippen LogP contribution in [0.5, 0.6) is 0 Å². The lowest BCUT2D eigenvalue weighted by Gasteiger charge is -2.25. The molecule has 6 nitrogen and oxygen atoms in total. The molecule has 0 bridgehead atoms. The molecule has 0 saturated carbocycles. The van der Waals surface area contributed by atoms with Gasteiger partial charge in [0, 0.05) is 24.2 Å². The van der Waals surface area contributed by atoms with Gasteiger partial charge in [0.1, 0.15) is 0 Å². The molecule has 0 aromatic carbocycles. The largest absolute Gasteiger partial charge is 0.347 e. The van der Waals surface area contributed by atoms with Gasteiger partial charge in [0.15, 0.2) is 5.69 Å². The first-order valence-corrected chi connectivity index (χ1v) is 6.69. The standard InChI is InChI=1S/C13H15N5O/c19-13(12-8-2-1-3-9(8)16-17-12)18-5-4-10-11(6-18)15-7-14-10/h7H,1-6H2,(H,14,15)(H,16,17). The minimum atomic E-state index is 0.0413. The van der Waals surface area contributed by atoms with Gasteiger partial charge in [0.25, 0.3) is 5.91 Å². The van der Waals surface area contributed by atoms with Gasteiger partial charge in [0.2, 0.25) is 0 Å². The van der Waals surface area contributed by atoms with E-state index in [-0.39, 0.29) is 5.91 Å². The number of aromatic amines is 2. The van der Waals surface area contributed by atoms with Gasteiger partial charge in [-0.2, -0.15) is 5.10 Å². The third-order valence-electron chi connectivity index (χ3n) is 4.07. The second-order valence-electron chi connectivity index (χ2n) is 5.19. The SMILES string of the molecule is O=C(c1n[nH]c2c1CCC2)N1CCc2nc[nH]c2C1. The quantitative estimate of drug-likeness (QED) is 0.794. The van der Waals surface area contributed by atoms with Gasteiger partial charge in [-0.25, -0.2) is 4.98 Å². The molecule has 0 unspecified atom stereocenters. The molecule has 2 aromatic heterocycles. The number of rotatable bonds is 1. The maximum absolute atomic E-state index is 12.6. The average Bonchev–Trinajstić information content (AvgIpc) is 3.12. The highest BCUT2D eigenvalue weighted by atomic mass is 16.2. The lowest BCUT2D eigenvalue weighted by Crippen LogP contribution is -2.36. The molecule has 3 heterocycles. The minimum Gasteiger partial charge on any atom is -0.347 e. The highest BCUT2D eigenvalue weighted by Gasteiger charge is 2.29. The van der Waals surface area contributed by atoms with E-state index in [1.54, 1.807) is 6.33 Å². The fourth-order valence-corrected chi connectivity index (χ4v) is 3.03. The minimum absolute atomic E-state index is 0.0413. The number of imidazole rings is 1. The van der Waals surface area contributed by atoms with Crippen molar-refractivity contribution in [3.63, 3.8) is 0 Å². The topological polar surface area (TPSA) is 77.7 Å². The monoisotopic (exact) mass is 257 g/mol. The molecule has 2 N–H and O–H groups in total. The molecular weight excluding hydrogens is 242 g/mol. The van der Waals surface area contributed by atoms with Gasteiger partial charge in [-0.3, -0.25) is 9.89 Å². The molecule has 0 radical (unpaired) electrons. The molecule has 0 atom stereocenters. The number of amides is 1. The molecule has 4 rings (SSSR count). The first kappa shape index (κ1) is 10.8. The third-order valence-corrected chi connectivity index (χ3v) is 4.07. The Morgan fingerprint density at radius 3 is 3.16 bits per heavy atom. The van der Waals surface area contributed by atoms with E-state index in [4.69, 9.17) is 0 Å². The molecule has 19 heavy (non-hydrogen) atoms. The number of H-pyrrole nitrogens is 2. The molecule has 6 heteroatoms. The van der Waals surface area contributed by atoms with Crippen LogP contribution >= 0.6 is 0 Å². The van der Waals surface area contributed by atoms with Crippen molar-refractivity contribution in [2.45, 2.75) is 32.2 Å². The van der Waals surface area contributed by atoms with Crippen LogP contribution in [-0.4, -0.2) is 37.5 Å². The summed E-state index contributed by atoms with van der Waals surface area (Å²) in [5.74, 6) is 0.0413. The van der Waals surface area contributed by atoms with Crippen molar-refractivity contribution in [1.29, 1.82) is 0 Å². The second-order valence-corrected chi connectivity index (χ2v) is 5.19. The molecule has 0 spiro atoms. The Balaban J connectivity index is 1.61.